The van der Waals surface area contributed by atoms with E-state index in [1.54, 1.807) is 24.3 Å². The van der Waals surface area contributed by atoms with Crippen molar-refractivity contribution in [1.29, 1.82) is 0 Å². The van der Waals surface area contributed by atoms with Crippen molar-refractivity contribution in [3.63, 3.8) is 0 Å². The Morgan fingerprint density at radius 2 is 2.00 bits per heavy atom. The summed E-state index contributed by atoms with van der Waals surface area (Å²) >= 11 is 0. The standard InChI is InChI=1S/C17H22N4O4/c22-15(18-5-6-21-7-9-25-10-8-21)11-14-17(24)19-13-4-2-1-3-12(13)16(23)20-14/h1-4,14H,5-11H2,(H,18,22)(H,19,24)(H,20,23). The van der Waals surface area contributed by atoms with Gasteiger partial charge in [-0.25, -0.2) is 0 Å². The Labute approximate surface area is 145 Å². The smallest absolute Gasteiger partial charge is 0.254 e. The van der Waals surface area contributed by atoms with E-state index in [0.717, 1.165) is 19.6 Å². The molecule has 2 heterocycles. The molecule has 0 saturated carbocycles. The monoisotopic (exact) mass is 346 g/mol. The number of hydrogen-bond donors (Lipinski definition) is 3. The number of hydrogen-bond acceptors (Lipinski definition) is 5. The number of carbonyl (C=O) groups is 3. The van der Waals surface area contributed by atoms with Crippen molar-refractivity contribution in [3.05, 3.63) is 29.8 Å². The van der Waals surface area contributed by atoms with Crippen LogP contribution in [0.4, 0.5) is 5.69 Å². The van der Waals surface area contributed by atoms with E-state index in [9.17, 15) is 14.4 Å². The molecule has 1 atom stereocenters. The van der Waals surface area contributed by atoms with Gasteiger partial charge in [0.1, 0.15) is 6.04 Å². The maximum atomic E-state index is 12.3. The molecule has 0 bridgehead atoms. The Bertz CT molecular complexity index is 658. The van der Waals surface area contributed by atoms with Crippen LogP contribution in [0.25, 0.3) is 0 Å². The normalized spacial score (nSPS) is 20.9. The second-order valence-electron chi connectivity index (χ2n) is 6.07. The summed E-state index contributed by atoms with van der Waals surface area (Å²) in [5, 5.41) is 8.11. The van der Waals surface area contributed by atoms with Gasteiger partial charge in [-0.05, 0) is 12.1 Å². The lowest BCUT2D eigenvalue weighted by Crippen LogP contribution is -2.46. The molecule has 0 aromatic heterocycles. The predicted molar refractivity (Wildman–Crippen MR) is 91.2 cm³/mol. The number of morpholine rings is 1. The van der Waals surface area contributed by atoms with Crippen LogP contribution in [0, 0.1) is 0 Å². The van der Waals surface area contributed by atoms with E-state index in [1.165, 1.54) is 0 Å². The highest BCUT2D eigenvalue weighted by Crippen LogP contribution is 2.18. The number of anilines is 1. The summed E-state index contributed by atoms with van der Waals surface area (Å²) in [4.78, 5) is 38.8. The Kier molecular flexibility index (Phi) is 5.62. The van der Waals surface area contributed by atoms with Crippen LogP contribution in [-0.4, -0.2) is 68.1 Å². The third-order valence-corrected chi connectivity index (χ3v) is 4.29. The number of nitrogens with one attached hydrogen (secondary N) is 3. The van der Waals surface area contributed by atoms with Crippen LogP contribution in [0.3, 0.4) is 0 Å². The number of carbonyl (C=O) groups excluding carboxylic acids is 3. The third kappa shape index (κ3) is 4.55. The van der Waals surface area contributed by atoms with Crippen LogP contribution in [-0.2, 0) is 14.3 Å². The molecule has 3 rings (SSSR count). The van der Waals surface area contributed by atoms with Crippen LogP contribution < -0.4 is 16.0 Å². The van der Waals surface area contributed by atoms with Crippen molar-refractivity contribution < 1.29 is 19.1 Å². The number of fused-ring (bicyclic) bond motifs is 1. The summed E-state index contributed by atoms with van der Waals surface area (Å²) in [6.07, 6.45) is -0.0886. The molecule has 25 heavy (non-hydrogen) atoms. The molecule has 2 aliphatic heterocycles. The number of ether oxygens (including phenoxy) is 1. The first-order valence-electron chi connectivity index (χ1n) is 8.41. The number of rotatable bonds is 5. The van der Waals surface area contributed by atoms with Gasteiger partial charge in [0.15, 0.2) is 0 Å². The summed E-state index contributed by atoms with van der Waals surface area (Å²) in [5.41, 5.74) is 0.853. The minimum Gasteiger partial charge on any atom is -0.379 e. The molecular formula is C17H22N4O4. The number of benzene rings is 1. The summed E-state index contributed by atoms with van der Waals surface area (Å²) in [7, 11) is 0. The van der Waals surface area contributed by atoms with Crippen LogP contribution in [0.1, 0.15) is 16.8 Å². The number of nitrogens with zero attached hydrogens (tertiary/aromatic N) is 1. The van der Waals surface area contributed by atoms with E-state index < -0.39 is 6.04 Å². The maximum absolute atomic E-state index is 12.3. The first-order valence-corrected chi connectivity index (χ1v) is 8.41. The fourth-order valence-electron chi connectivity index (χ4n) is 2.89. The molecule has 8 heteroatoms. The van der Waals surface area contributed by atoms with Crippen molar-refractivity contribution in [2.45, 2.75) is 12.5 Å². The molecule has 3 N–H and O–H groups in total. The highest BCUT2D eigenvalue weighted by Gasteiger charge is 2.29. The van der Waals surface area contributed by atoms with E-state index in [1.807, 2.05) is 0 Å². The lowest BCUT2D eigenvalue weighted by Gasteiger charge is -2.26. The highest BCUT2D eigenvalue weighted by atomic mass is 16.5. The van der Waals surface area contributed by atoms with Gasteiger partial charge >= 0.3 is 0 Å². The van der Waals surface area contributed by atoms with E-state index in [4.69, 9.17) is 4.74 Å². The Morgan fingerprint density at radius 1 is 1.24 bits per heavy atom. The number of para-hydroxylation sites is 1. The molecule has 8 nitrogen and oxygen atoms in total. The lowest BCUT2D eigenvalue weighted by atomic mass is 10.1. The summed E-state index contributed by atoms with van der Waals surface area (Å²) in [6.45, 7) is 4.38. The number of amides is 3. The van der Waals surface area contributed by atoms with Crippen molar-refractivity contribution >= 4 is 23.4 Å². The summed E-state index contributed by atoms with van der Waals surface area (Å²) < 4.78 is 5.27. The zero-order valence-electron chi connectivity index (χ0n) is 13.9. The van der Waals surface area contributed by atoms with Gasteiger partial charge in [-0.15, -0.1) is 0 Å². The topological polar surface area (TPSA) is 99.8 Å². The third-order valence-electron chi connectivity index (χ3n) is 4.29. The van der Waals surface area contributed by atoms with Gasteiger partial charge in [-0.2, -0.15) is 0 Å². The fraction of sp³-hybridized carbons (Fsp3) is 0.471. The van der Waals surface area contributed by atoms with Crippen LogP contribution in [0.5, 0.6) is 0 Å². The van der Waals surface area contributed by atoms with Gasteiger partial charge in [0.2, 0.25) is 11.8 Å². The predicted octanol–water partition coefficient (Wildman–Crippen LogP) is -0.424. The minimum absolute atomic E-state index is 0.0886. The molecule has 3 amide bonds. The lowest BCUT2D eigenvalue weighted by molar-refractivity contribution is -0.125. The molecule has 134 valence electrons. The average molecular weight is 346 g/mol. The molecule has 1 unspecified atom stereocenters. The molecule has 0 spiro atoms. The van der Waals surface area contributed by atoms with Crippen molar-refractivity contribution in [3.8, 4) is 0 Å². The molecule has 0 aliphatic carbocycles. The van der Waals surface area contributed by atoms with Gasteiger partial charge in [0.05, 0.1) is 30.9 Å². The van der Waals surface area contributed by atoms with E-state index >= 15 is 0 Å². The molecule has 2 aliphatic rings. The van der Waals surface area contributed by atoms with Crippen molar-refractivity contribution in [1.82, 2.24) is 15.5 Å². The van der Waals surface area contributed by atoms with Gasteiger partial charge < -0.3 is 20.7 Å². The second-order valence-corrected chi connectivity index (χ2v) is 6.07. The van der Waals surface area contributed by atoms with Crippen LogP contribution in [0.2, 0.25) is 0 Å². The fourth-order valence-corrected chi connectivity index (χ4v) is 2.89. The molecule has 0 radical (unpaired) electrons. The SMILES string of the molecule is O=C(CC1NC(=O)c2ccccc2NC1=O)NCCN1CCOCC1. The molecular weight excluding hydrogens is 324 g/mol. The Balaban J connectivity index is 1.49. The molecule has 1 aromatic rings. The van der Waals surface area contributed by atoms with Gasteiger partial charge in [0.25, 0.3) is 5.91 Å². The maximum Gasteiger partial charge on any atom is 0.254 e. The van der Waals surface area contributed by atoms with Crippen molar-refractivity contribution in [2.75, 3.05) is 44.7 Å². The quantitative estimate of drug-likeness (QED) is 0.672. The first-order chi connectivity index (χ1) is 12.1. The Hall–Kier alpha value is -2.45. The van der Waals surface area contributed by atoms with Crippen LogP contribution in [0.15, 0.2) is 24.3 Å². The zero-order chi connectivity index (χ0) is 17.6. The largest absolute Gasteiger partial charge is 0.379 e. The minimum atomic E-state index is -0.886. The second kappa shape index (κ2) is 8.09. The molecule has 1 saturated heterocycles. The first kappa shape index (κ1) is 17.4. The zero-order valence-corrected chi connectivity index (χ0v) is 13.9. The molecule has 1 fully saturated rings. The molecule has 1 aromatic carbocycles. The van der Waals surface area contributed by atoms with E-state index in [2.05, 4.69) is 20.9 Å². The van der Waals surface area contributed by atoms with E-state index in [0.29, 0.717) is 31.0 Å². The van der Waals surface area contributed by atoms with E-state index in [-0.39, 0.29) is 24.1 Å². The summed E-state index contributed by atoms with van der Waals surface area (Å²) in [5.74, 6) is -1.01. The van der Waals surface area contributed by atoms with Crippen molar-refractivity contribution in [2.24, 2.45) is 0 Å². The average Bonchev–Trinajstić information content (AvgIpc) is 2.73. The van der Waals surface area contributed by atoms with Gasteiger partial charge in [0, 0.05) is 26.2 Å². The van der Waals surface area contributed by atoms with Gasteiger partial charge in [-0.1, -0.05) is 12.1 Å². The van der Waals surface area contributed by atoms with Gasteiger partial charge in [-0.3, -0.25) is 19.3 Å². The highest BCUT2D eigenvalue weighted by molar-refractivity contribution is 6.10. The summed E-state index contributed by atoms with van der Waals surface area (Å²) in [6, 6.07) is 5.88. The van der Waals surface area contributed by atoms with Crippen LogP contribution >= 0.6 is 0 Å². The Morgan fingerprint density at radius 3 is 2.80 bits per heavy atom.